The monoisotopic (exact) mass is 442 g/mol. The SMILES string of the molecule is COc1cccc(-c2nnc3c4ccccc4nc(N4CCN(C(=O)C5CC5)C(C)C4)n23)c1. The van der Waals surface area contributed by atoms with Crippen molar-refractivity contribution in [1.29, 1.82) is 0 Å². The van der Waals surface area contributed by atoms with Crippen LogP contribution in [-0.4, -0.2) is 63.2 Å². The maximum Gasteiger partial charge on any atom is 0.226 e. The summed E-state index contributed by atoms with van der Waals surface area (Å²) in [5, 5.41) is 10.1. The molecule has 0 bridgehead atoms. The smallest absolute Gasteiger partial charge is 0.226 e. The number of para-hydroxylation sites is 1. The third kappa shape index (κ3) is 3.37. The highest BCUT2D eigenvalue weighted by Crippen LogP contribution is 2.34. The Balaban J connectivity index is 1.47. The number of fused-ring (bicyclic) bond motifs is 3. The number of nitrogens with zero attached hydrogens (tertiary/aromatic N) is 6. The van der Waals surface area contributed by atoms with Crippen LogP contribution in [0.1, 0.15) is 19.8 Å². The van der Waals surface area contributed by atoms with Crippen molar-refractivity contribution >= 4 is 28.4 Å². The van der Waals surface area contributed by atoms with Gasteiger partial charge in [0.1, 0.15) is 5.75 Å². The van der Waals surface area contributed by atoms with Gasteiger partial charge in [-0.2, -0.15) is 0 Å². The molecule has 0 N–H and O–H groups in total. The summed E-state index contributed by atoms with van der Waals surface area (Å²) in [4.78, 5) is 22.1. The van der Waals surface area contributed by atoms with E-state index in [4.69, 9.17) is 9.72 Å². The molecule has 4 aromatic rings. The van der Waals surface area contributed by atoms with E-state index >= 15 is 0 Å². The first kappa shape index (κ1) is 20.0. The summed E-state index contributed by atoms with van der Waals surface area (Å²) in [5.41, 5.74) is 2.57. The Morgan fingerprint density at radius 1 is 1.06 bits per heavy atom. The average Bonchev–Trinajstić information content (AvgIpc) is 3.61. The van der Waals surface area contributed by atoms with E-state index in [0.717, 1.165) is 59.0 Å². The minimum Gasteiger partial charge on any atom is -0.497 e. The first-order chi connectivity index (χ1) is 16.1. The predicted molar refractivity (Wildman–Crippen MR) is 126 cm³/mol. The summed E-state index contributed by atoms with van der Waals surface area (Å²) in [6.07, 6.45) is 2.06. The van der Waals surface area contributed by atoms with Gasteiger partial charge in [0.25, 0.3) is 0 Å². The standard InChI is InChI=1S/C25H26N6O2/c1-16-15-29(12-13-30(16)24(32)17-10-11-17)25-26-21-9-4-3-8-20(21)23-28-27-22(31(23)25)18-6-5-7-19(14-18)33-2/h3-9,14,16-17H,10-13,15H2,1-2H3. The van der Waals surface area contributed by atoms with Crippen LogP contribution in [0.15, 0.2) is 48.5 Å². The van der Waals surface area contributed by atoms with Crippen molar-refractivity contribution in [3.05, 3.63) is 48.5 Å². The van der Waals surface area contributed by atoms with Crippen LogP contribution in [-0.2, 0) is 4.79 Å². The molecule has 1 amide bonds. The zero-order valence-electron chi connectivity index (χ0n) is 18.8. The Morgan fingerprint density at radius 2 is 1.91 bits per heavy atom. The third-order valence-corrected chi connectivity index (χ3v) is 6.68. The number of hydrogen-bond acceptors (Lipinski definition) is 6. The number of methoxy groups -OCH3 is 1. The second-order valence-corrected chi connectivity index (χ2v) is 8.94. The summed E-state index contributed by atoms with van der Waals surface area (Å²) in [6.45, 7) is 4.26. The number of carbonyl (C=O) groups excluding carboxylic acids is 1. The van der Waals surface area contributed by atoms with Crippen LogP contribution >= 0.6 is 0 Å². The highest BCUT2D eigenvalue weighted by atomic mass is 16.5. The molecule has 1 atom stereocenters. The Labute approximate surface area is 191 Å². The van der Waals surface area contributed by atoms with Crippen molar-refractivity contribution in [1.82, 2.24) is 24.5 Å². The number of ether oxygens (including phenoxy) is 1. The molecule has 1 unspecified atom stereocenters. The number of hydrogen-bond donors (Lipinski definition) is 0. The molecule has 1 aliphatic carbocycles. The van der Waals surface area contributed by atoms with E-state index in [9.17, 15) is 4.79 Å². The van der Waals surface area contributed by atoms with E-state index in [2.05, 4.69) is 22.0 Å². The summed E-state index contributed by atoms with van der Waals surface area (Å²) in [7, 11) is 1.66. The van der Waals surface area contributed by atoms with Crippen molar-refractivity contribution < 1.29 is 9.53 Å². The fourth-order valence-electron chi connectivity index (χ4n) is 4.76. The maximum atomic E-state index is 12.7. The molecule has 8 heteroatoms. The molecule has 1 saturated heterocycles. The molecule has 168 valence electrons. The summed E-state index contributed by atoms with van der Waals surface area (Å²) < 4.78 is 7.48. The number of carbonyl (C=O) groups is 1. The minimum absolute atomic E-state index is 0.118. The molecule has 33 heavy (non-hydrogen) atoms. The quantitative estimate of drug-likeness (QED) is 0.482. The van der Waals surface area contributed by atoms with E-state index in [-0.39, 0.29) is 12.0 Å². The number of piperazine rings is 1. The zero-order chi connectivity index (χ0) is 22.5. The lowest BCUT2D eigenvalue weighted by Crippen LogP contribution is -2.55. The Bertz CT molecular complexity index is 1360. The van der Waals surface area contributed by atoms with Gasteiger partial charge in [-0.15, -0.1) is 10.2 Å². The number of benzene rings is 2. The molecule has 0 spiro atoms. The fourth-order valence-corrected chi connectivity index (χ4v) is 4.76. The minimum atomic E-state index is 0.118. The molecule has 3 heterocycles. The van der Waals surface area contributed by atoms with E-state index in [0.29, 0.717) is 19.0 Å². The number of aromatic nitrogens is 4. The highest BCUT2D eigenvalue weighted by molar-refractivity contribution is 5.93. The number of rotatable bonds is 4. The van der Waals surface area contributed by atoms with E-state index < -0.39 is 0 Å². The Morgan fingerprint density at radius 3 is 2.70 bits per heavy atom. The van der Waals surface area contributed by atoms with Gasteiger partial charge in [-0.1, -0.05) is 24.3 Å². The molecule has 2 aromatic carbocycles. The Hall–Kier alpha value is -3.68. The van der Waals surface area contributed by atoms with Crippen LogP contribution in [0.3, 0.4) is 0 Å². The van der Waals surface area contributed by atoms with Crippen molar-refractivity contribution in [2.75, 3.05) is 31.6 Å². The molecule has 8 nitrogen and oxygen atoms in total. The molecular weight excluding hydrogens is 416 g/mol. The van der Waals surface area contributed by atoms with Gasteiger partial charge in [-0.05, 0) is 44.0 Å². The molecule has 2 fully saturated rings. The summed E-state index contributed by atoms with van der Waals surface area (Å²) in [6, 6.07) is 16.0. The zero-order valence-corrected chi connectivity index (χ0v) is 18.8. The van der Waals surface area contributed by atoms with Gasteiger partial charge in [0.15, 0.2) is 11.5 Å². The van der Waals surface area contributed by atoms with Crippen LogP contribution in [0.5, 0.6) is 5.75 Å². The average molecular weight is 443 g/mol. The van der Waals surface area contributed by atoms with Crippen LogP contribution in [0.25, 0.3) is 27.9 Å². The van der Waals surface area contributed by atoms with Crippen LogP contribution in [0.2, 0.25) is 0 Å². The van der Waals surface area contributed by atoms with Crippen molar-refractivity contribution in [3.63, 3.8) is 0 Å². The second-order valence-electron chi connectivity index (χ2n) is 8.94. The van der Waals surface area contributed by atoms with Crippen LogP contribution < -0.4 is 9.64 Å². The topological polar surface area (TPSA) is 75.9 Å². The van der Waals surface area contributed by atoms with Crippen LogP contribution in [0.4, 0.5) is 5.95 Å². The highest BCUT2D eigenvalue weighted by Gasteiger charge is 2.38. The van der Waals surface area contributed by atoms with Crippen molar-refractivity contribution in [2.24, 2.45) is 5.92 Å². The lowest BCUT2D eigenvalue weighted by Gasteiger charge is -2.40. The van der Waals surface area contributed by atoms with Crippen LogP contribution in [0, 0.1) is 5.92 Å². The molecule has 2 aliphatic rings. The summed E-state index contributed by atoms with van der Waals surface area (Å²) >= 11 is 0. The van der Waals surface area contributed by atoms with E-state index in [1.807, 2.05) is 57.8 Å². The third-order valence-electron chi connectivity index (χ3n) is 6.68. The van der Waals surface area contributed by atoms with Gasteiger partial charge in [0, 0.05) is 42.5 Å². The molecular formula is C25H26N6O2. The fraction of sp³-hybridized carbons (Fsp3) is 0.360. The summed E-state index contributed by atoms with van der Waals surface area (Å²) in [5.74, 6) is 2.83. The number of amides is 1. The van der Waals surface area contributed by atoms with Gasteiger partial charge in [0.2, 0.25) is 11.9 Å². The van der Waals surface area contributed by atoms with Gasteiger partial charge in [-0.3, -0.25) is 4.79 Å². The maximum absolute atomic E-state index is 12.7. The molecule has 1 aliphatic heterocycles. The normalized spacial score (nSPS) is 18.8. The molecule has 6 rings (SSSR count). The lowest BCUT2D eigenvalue weighted by atomic mass is 10.1. The second kappa shape index (κ2) is 7.72. The van der Waals surface area contributed by atoms with E-state index in [1.54, 1.807) is 7.11 Å². The predicted octanol–water partition coefficient (Wildman–Crippen LogP) is 3.40. The Kier molecular flexibility index (Phi) is 4.67. The first-order valence-corrected chi connectivity index (χ1v) is 11.5. The molecule has 0 radical (unpaired) electrons. The van der Waals surface area contributed by atoms with E-state index in [1.165, 1.54) is 0 Å². The number of anilines is 1. The first-order valence-electron chi connectivity index (χ1n) is 11.5. The van der Waals surface area contributed by atoms with Gasteiger partial charge in [-0.25, -0.2) is 9.38 Å². The van der Waals surface area contributed by atoms with Gasteiger partial charge >= 0.3 is 0 Å². The lowest BCUT2D eigenvalue weighted by molar-refractivity contribution is -0.134. The van der Waals surface area contributed by atoms with Crippen molar-refractivity contribution in [2.45, 2.75) is 25.8 Å². The van der Waals surface area contributed by atoms with Gasteiger partial charge < -0.3 is 14.5 Å². The van der Waals surface area contributed by atoms with Crippen molar-refractivity contribution in [3.8, 4) is 17.1 Å². The largest absolute Gasteiger partial charge is 0.497 e. The molecule has 2 aromatic heterocycles. The molecule has 1 saturated carbocycles. The van der Waals surface area contributed by atoms with Gasteiger partial charge in [0.05, 0.1) is 12.6 Å².